The molecule has 2 fully saturated rings. The SMILES string of the molecule is Fc1ccccc1NCC12CCCN(Cc3ccccc3)CC1CCN(CCc1ccccc1)C2. The summed E-state index contributed by atoms with van der Waals surface area (Å²) in [5.74, 6) is 0.456. The lowest BCUT2D eigenvalue weighted by molar-refractivity contribution is 0.0255. The van der Waals surface area contributed by atoms with Crippen LogP contribution in [0.25, 0.3) is 0 Å². The van der Waals surface area contributed by atoms with E-state index in [0.717, 1.165) is 52.2 Å². The van der Waals surface area contributed by atoms with Crippen molar-refractivity contribution >= 4 is 5.69 Å². The Labute approximate surface area is 210 Å². The van der Waals surface area contributed by atoms with Gasteiger partial charge in [0.1, 0.15) is 5.82 Å². The lowest BCUT2D eigenvalue weighted by Gasteiger charge is -2.49. The summed E-state index contributed by atoms with van der Waals surface area (Å²) in [5.41, 5.74) is 3.59. The van der Waals surface area contributed by atoms with Gasteiger partial charge in [0.2, 0.25) is 0 Å². The van der Waals surface area contributed by atoms with Crippen LogP contribution in [0.4, 0.5) is 10.1 Å². The molecule has 3 aromatic rings. The van der Waals surface area contributed by atoms with E-state index in [1.54, 1.807) is 12.1 Å². The van der Waals surface area contributed by atoms with Gasteiger partial charge in [-0.05, 0) is 68.0 Å². The molecule has 3 nitrogen and oxygen atoms in total. The van der Waals surface area contributed by atoms with Gasteiger partial charge in [-0.1, -0.05) is 72.8 Å². The van der Waals surface area contributed by atoms with Gasteiger partial charge in [0.05, 0.1) is 5.69 Å². The number of para-hydroxylation sites is 1. The Hall–Kier alpha value is -2.69. The fourth-order valence-electron chi connectivity index (χ4n) is 6.20. The maximum absolute atomic E-state index is 14.5. The third kappa shape index (κ3) is 6.12. The zero-order chi connectivity index (χ0) is 23.9. The van der Waals surface area contributed by atoms with E-state index in [0.29, 0.717) is 11.6 Å². The van der Waals surface area contributed by atoms with Crippen LogP contribution in [0, 0.1) is 17.2 Å². The lowest BCUT2D eigenvalue weighted by atomic mass is 9.68. The van der Waals surface area contributed by atoms with Crippen molar-refractivity contribution in [2.45, 2.75) is 32.2 Å². The van der Waals surface area contributed by atoms with Gasteiger partial charge in [-0.15, -0.1) is 0 Å². The van der Waals surface area contributed by atoms with Crippen molar-refractivity contribution in [2.24, 2.45) is 11.3 Å². The van der Waals surface area contributed by atoms with Gasteiger partial charge in [0, 0.05) is 38.1 Å². The second-order valence-corrected chi connectivity index (χ2v) is 10.5. The van der Waals surface area contributed by atoms with Crippen molar-refractivity contribution < 1.29 is 4.39 Å². The van der Waals surface area contributed by atoms with Crippen molar-refractivity contribution in [1.29, 1.82) is 0 Å². The van der Waals surface area contributed by atoms with E-state index >= 15 is 0 Å². The lowest BCUT2D eigenvalue weighted by Crippen LogP contribution is -2.54. The predicted molar refractivity (Wildman–Crippen MR) is 143 cm³/mol. The van der Waals surface area contributed by atoms with Gasteiger partial charge in [-0.2, -0.15) is 0 Å². The van der Waals surface area contributed by atoms with Gasteiger partial charge in [-0.3, -0.25) is 4.90 Å². The van der Waals surface area contributed by atoms with Crippen molar-refractivity contribution in [3.8, 4) is 0 Å². The summed E-state index contributed by atoms with van der Waals surface area (Å²) in [6, 6.07) is 28.8. The van der Waals surface area contributed by atoms with Crippen LogP contribution in [-0.2, 0) is 13.0 Å². The van der Waals surface area contributed by atoms with Crippen LogP contribution in [0.1, 0.15) is 30.4 Å². The zero-order valence-corrected chi connectivity index (χ0v) is 20.7. The molecule has 35 heavy (non-hydrogen) atoms. The van der Waals surface area contributed by atoms with E-state index in [9.17, 15) is 4.39 Å². The number of rotatable bonds is 8. The van der Waals surface area contributed by atoms with Crippen LogP contribution in [0.3, 0.4) is 0 Å². The molecule has 1 N–H and O–H groups in total. The number of nitrogens with zero attached hydrogens (tertiary/aromatic N) is 2. The summed E-state index contributed by atoms with van der Waals surface area (Å²) < 4.78 is 14.5. The Balaban J connectivity index is 1.31. The first-order valence-electron chi connectivity index (χ1n) is 13.2. The molecule has 5 rings (SSSR count). The molecule has 2 atom stereocenters. The first-order valence-corrected chi connectivity index (χ1v) is 13.2. The second-order valence-electron chi connectivity index (χ2n) is 10.5. The third-order valence-corrected chi connectivity index (χ3v) is 8.14. The Morgan fingerprint density at radius 3 is 2.31 bits per heavy atom. The normalized spacial score (nSPS) is 23.4. The minimum Gasteiger partial charge on any atom is -0.382 e. The first-order chi connectivity index (χ1) is 17.2. The van der Waals surface area contributed by atoms with E-state index in [4.69, 9.17) is 0 Å². The Bertz CT molecular complexity index is 1060. The molecular weight excluding hydrogens is 433 g/mol. The van der Waals surface area contributed by atoms with Gasteiger partial charge in [0.15, 0.2) is 0 Å². The molecule has 184 valence electrons. The zero-order valence-electron chi connectivity index (χ0n) is 20.7. The monoisotopic (exact) mass is 471 g/mol. The third-order valence-electron chi connectivity index (χ3n) is 8.14. The molecule has 4 heteroatoms. The van der Waals surface area contributed by atoms with E-state index in [1.807, 2.05) is 12.1 Å². The molecule has 2 aliphatic rings. The van der Waals surface area contributed by atoms with E-state index < -0.39 is 0 Å². The topological polar surface area (TPSA) is 18.5 Å². The molecule has 0 amide bonds. The molecule has 2 heterocycles. The number of hydrogen-bond acceptors (Lipinski definition) is 3. The van der Waals surface area contributed by atoms with Gasteiger partial charge in [-0.25, -0.2) is 4.39 Å². The number of piperidine rings is 1. The van der Waals surface area contributed by atoms with Gasteiger partial charge >= 0.3 is 0 Å². The average molecular weight is 472 g/mol. The highest BCUT2D eigenvalue weighted by Crippen LogP contribution is 2.43. The van der Waals surface area contributed by atoms with E-state index in [-0.39, 0.29) is 11.2 Å². The highest BCUT2D eigenvalue weighted by atomic mass is 19.1. The number of anilines is 1. The molecule has 2 unspecified atom stereocenters. The van der Waals surface area contributed by atoms with Crippen molar-refractivity contribution in [3.05, 3.63) is 102 Å². The van der Waals surface area contributed by atoms with Crippen LogP contribution >= 0.6 is 0 Å². The highest BCUT2D eigenvalue weighted by Gasteiger charge is 2.44. The summed E-state index contributed by atoms with van der Waals surface area (Å²) >= 11 is 0. The number of hydrogen-bond donors (Lipinski definition) is 1. The molecule has 0 aliphatic carbocycles. The average Bonchev–Trinajstić information content (AvgIpc) is 3.07. The number of benzene rings is 3. The first kappa shape index (κ1) is 24.0. The van der Waals surface area contributed by atoms with Crippen LogP contribution in [0.2, 0.25) is 0 Å². The van der Waals surface area contributed by atoms with Crippen LogP contribution < -0.4 is 5.32 Å². The highest BCUT2D eigenvalue weighted by molar-refractivity contribution is 5.44. The van der Waals surface area contributed by atoms with Crippen LogP contribution in [0.15, 0.2) is 84.9 Å². The fourth-order valence-corrected chi connectivity index (χ4v) is 6.20. The largest absolute Gasteiger partial charge is 0.382 e. The van der Waals surface area contributed by atoms with Gasteiger partial charge in [0.25, 0.3) is 0 Å². The summed E-state index contributed by atoms with van der Waals surface area (Å²) in [7, 11) is 0. The summed E-state index contributed by atoms with van der Waals surface area (Å²) in [4.78, 5) is 5.32. The van der Waals surface area contributed by atoms with E-state index in [1.165, 1.54) is 30.4 Å². The molecule has 2 saturated heterocycles. The molecule has 0 saturated carbocycles. The minimum atomic E-state index is -0.156. The smallest absolute Gasteiger partial charge is 0.146 e. The van der Waals surface area contributed by atoms with Crippen molar-refractivity contribution in [3.63, 3.8) is 0 Å². The summed E-state index contributed by atoms with van der Waals surface area (Å²) in [6.45, 7) is 7.44. The van der Waals surface area contributed by atoms with Gasteiger partial charge < -0.3 is 10.2 Å². The second kappa shape index (κ2) is 11.4. The molecule has 2 aliphatic heterocycles. The summed E-state index contributed by atoms with van der Waals surface area (Å²) in [5, 5.41) is 3.54. The molecule has 0 aromatic heterocycles. The van der Waals surface area contributed by atoms with Crippen molar-refractivity contribution in [2.75, 3.05) is 44.6 Å². The molecule has 0 radical (unpaired) electrons. The molecule has 0 bridgehead atoms. The maximum atomic E-state index is 14.5. The number of halogens is 1. The number of fused-ring (bicyclic) bond motifs is 1. The van der Waals surface area contributed by atoms with Crippen LogP contribution in [0.5, 0.6) is 0 Å². The Morgan fingerprint density at radius 2 is 1.54 bits per heavy atom. The fraction of sp³-hybridized carbons (Fsp3) is 0.419. The van der Waals surface area contributed by atoms with E-state index in [2.05, 4.69) is 75.8 Å². The molecule has 0 spiro atoms. The predicted octanol–water partition coefficient (Wildman–Crippen LogP) is 6.08. The Kier molecular flexibility index (Phi) is 7.80. The van der Waals surface area contributed by atoms with Crippen molar-refractivity contribution in [1.82, 2.24) is 9.80 Å². The Morgan fingerprint density at radius 1 is 0.829 bits per heavy atom. The number of nitrogens with one attached hydrogen (secondary N) is 1. The molecular formula is C31H38FN3. The number of likely N-dealkylation sites (tertiary alicyclic amines) is 2. The quantitative estimate of drug-likeness (QED) is 0.429. The maximum Gasteiger partial charge on any atom is 0.146 e. The molecule has 3 aromatic carbocycles. The standard InChI is InChI=1S/C31H38FN3/c32-29-14-7-8-15-30(29)33-24-31-18-9-19-35(22-27-12-5-2-6-13-27)23-28(31)17-21-34(25-31)20-16-26-10-3-1-4-11-26/h1-8,10-15,28,33H,9,16-25H2. The minimum absolute atomic E-state index is 0.155. The van der Waals surface area contributed by atoms with Crippen LogP contribution in [-0.4, -0.2) is 49.1 Å². The summed E-state index contributed by atoms with van der Waals surface area (Å²) in [6.07, 6.45) is 4.67.